The molecule has 2 aromatic heterocycles. The number of rotatable bonds is 2. The molecule has 2 heterocycles. The quantitative estimate of drug-likeness (QED) is 0.867. The van der Waals surface area contributed by atoms with E-state index >= 15 is 0 Å². The van der Waals surface area contributed by atoms with Gasteiger partial charge in [-0.05, 0) is 34.0 Å². The smallest absolute Gasteiger partial charge is 0.237 e. The average molecular weight is 306 g/mol. The van der Waals surface area contributed by atoms with Crippen molar-refractivity contribution in [2.75, 3.05) is 0 Å². The molecule has 0 spiro atoms. The first-order valence-electron chi connectivity index (χ1n) is 3.69. The molecule has 2 rings (SSSR count). The van der Waals surface area contributed by atoms with E-state index in [-0.39, 0.29) is 0 Å². The minimum Gasteiger partial charge on any atom is -0.443 e. The third-order valence-electron chi connectivity index (χ3n) is 1.57. The van der Waals surface area contributed by atoms with Gasteiger partial charge in [-0.1, -0.05) is 0 Å². The van der Waals surface area contributed by atoms with Crippen LogP contribution >= 0.6 is 33.9 Å². The molecule has 68 valence electrons. The highest BCUT2D eigenvalue weighted by Gasteiger charge is 2.10. The minimum absolute atomic E-state index is 0.422. The summed E-state index contributed by atoms with van der Waals surface area (Å²) in [7, 11) is 0. The summed E-state index contributed by atoms with van der Waals surface area (Å²) in [4.78, 5) is 5.32. The standard InChI is InChI=1S/C8H7IN2OS/c9-6-1-2-13-7(6)8-11-5(3-10)4-12-8/h1-2,4H,3,10H2. The Kier molecular flexibility index (Phi) is 2.66. The van der Waals surface area contributed by atoms with Crippen LogP contribution in [0.4, 0.5) is 0 Å². The second kappa shape index (κ2) is 3.77. The van der Waals surface area contributed by atoms with E-state index in [0.29, 0.717) is 12.4 Å². The third kappa shape index (κ3) is 1.77. The fourth-order valence-electron chi connectivity index (χ4n) is 0.951. The van der Waals surface area contributed by atoms with Crippen LogP contribution in [0.25, 0.3) is 10.8 Å². The summed E-state index contributed by atoms with van der Waals surface area (Å²) in [5.41, 5.74) is 6.22. The summed E-state index contributed by atoms with van der Waals surface area (Å²) in [5, 5.41) is 2.02. The molecule has 0 aliphatic rings. The second-order valence-corrected chi connectivity index (χ2v) is 4.52. The highest BCUT2D eigenvalue weighted by atomic mass is 127. The van der Waals surface area contributed by atoms with E-state index in [4.69, 9.17) is 10.2 Å². The number of nitrogens with two attached hydrogens (primary N) is 1. The maximum atomic E-state index is 5.43. The van der Waals surface area contributed by atoms with Crippen LogP contribution < -0.4 is 5.73 Å². The summed E-state index contributed by atoms with van der Waals surface area (Å²) in [6, 6.07) is 2.03. The molecule has 0 bridgehead atoms. The first kappa shape index (κ1) is 9.17. The van der Waals surface area contributed by atoms with Gasteiger partial charge in [0.2, 0.25) is 5.89 Å². The van der Waals surface area contributed by atoms with Crippen LogP contribution in [-0.2, 0) is 6.54 Å². The number of halogens is 1. The summed E-state index contributed by atoms with van der Waals surface area (Å²) >= 11 is 3.88. The van der Waals surface area contributed by atoms with Gasteiger partial charge in [0.15, 0.2) is 0 Å². The van der Waals surface area contributed by atoms with Gasteiger partial charge in [0.25, 0.3) is 0 Å². The van der Waals surface area contributed by atoms with Crippen molar-refractivity contribution in [1.82, 2.24) is 4.98 Å². The molecule has 0 aliphatic carbocycles. The predicted molar refractivity (Wildman–Crippen MR) is 60.4 cm³/mol. The molecule has 0 fully saturated rings. The number of aromatic nitrogens is 1. The Morgan fingerprint density at radius 3 is 3.00 bits per heavy atom. The Balaban J connectivity index is 2.41. The van der Waals surface area contributed by atoms with Crippen LogP contribution in [-0.4, -0.2) is 4.98 Å². The van der Waals surface area contributed by atoms with Crippen LogP contribution in [0.3, 0.4) is 0 Å². The fourth-order valence-corrected chi connectivity index (χ4v) is 2.70. The molecule has 2 aromatic rings. The van der Waals surface area contributed by atoms with Crippen molar-refractivity contribution in [1.29, 1.82) is 0 Å². The van der Waals surface area contributed by atoms with E-state index in [1.807, 2.05) is 11.4 Å². The number of oxazole rings is 1. The average Bonchev–Trinajstić information content (AvgIpc) is 2.71. The van der Waals surface area contributed by atoms with Gasteiger partial charge in [-0.25, -0.2) is 4.98 Å². The van der Waals surface area contributed by atoms with Gasteiger partial charge in [0.1, 0.15) is 11.1 Å². The second-order valence-electron chi connectivity index (χ2n) is 2.45. The van der Waals surface area contributed by atoms with Crippen molar-refractivity contribution in [2.45, 2.75) is 6.54 Å². The summed E-state index contributed by atoms with van der Waals surface area (Å²) in [5.74, 6) is 0.667. The molecular formula is C8H7IN2OS. The molecule has 0 amide bonds. The molecule has 3 nitrogen and oxygen atoms in total. The van der Waals surface area contributed by atoms with Gasteiger partial charge in [-0.2, -0.15) is 0 Å². The maximum Gasteiger partial charge on any atom is 0.237 e. The van der Waals surface area contributed by atoms with Gasteiger partial charge in [0, 0.05) is 10.1 Å². The molecule has 0 saturated carbocycles. The van der Waals surface area contributed by atoms with Crippen molar-refractivity contribution in [2.24, 2.45) is 5.73 Å². The minimum atomic E-state index is 0.422. The number of nitrogens with zero attached hydrogens (tertiary/aromatic N) is 1. The SMILES string of the molecule is NCc1coc(-c2sccc2I)n1. The Morgan fingerprint density at radius 2 is 2.46 bits per heavy atom. The van der Waals surface area contributed by atoms with Gasteiger partial charge in [-0.15, -0.1) is 11.3 Å². The van der Waals surface area contributed by atoms with E-state index in [1.165, 1.54) is 0 Å². The summed E-state index contributed by atoms with van der Waals surface area (Å²) in [6.07, 6.45) is 1.60. The lowest BCUT2D eigenvalue weighted by molar-refractivity contribution is 0.574. The van der Waals surface area contributed by atoms with Crippen LogP contribution in [0.2, 0.25) is 0 Å². The lowest BCUT2D eigenvalue weighted by atomic mass is 10.4. The molecule has 5 heteroatoms. The van der Waals surface area contributed by atoms with E-state index in [0.717, 1.165) is 14.1 Å². The first-order valence-corrected chi connectivity index (χ1v) is 5.65. The molecule has 0 aliphatic heterocycles. The summed E-state index contributed by atoms with van der Waals surface area (Å²) in [6.45, 7) is 0.422. The van der Waals surface area contributed by atoms with Crippen LogP contribution in [0, 0.1) is 3.57 Å². The molecular weight excluding hydrogens is 299 g/mol. The zero-order valence-corrected chi connectivity index (χ0v) is 9.63. The third-order valence-corrected chi connectivity index (χ3v) is 3.74. The van der Waals surface area contributed by atoms with Gasteiger partial charge >= 0.3 is 0 Å². The predicted octanol–water partition coefficient (Wildman–Crippen LogP) is 2.47. The zero-order valence-electron chi connectivity index (χ0n) is 6.66. The highest BCUT2D eigenvalue weighted by molar-refractivity contribution is 14.1. The van der Waals surface area contributed by atoms with Crippen LogP contribution in [0.5, 0.6) is 0 Å². The molecule has 0 unspecified atom stereocenters. The maximum absolute atomic E-state index is 5.43. The van der Waals surface area contributed by atoms with E-state index in [1.54, 1.807) is 17.6 Å². The van der Waals surface area contributed by atoms with E-state index in [2.05, 4.69) is 27.6 Å². The van der Waals surface area contributed by atoms with Gasteiger partial charge < -0.3 is 10.2 Å². The van der Waals surface area contributed by atoms with Gasteiger partial charge in [-0.3, -0.25) is 0 Å². The molecule has 0 atom stereocenters. The largest absolute Gasteiger partial charge is 0.443 e. The fraction of sp³-hybridized carbons (Fsp3) is 0.125. The molecule has 0 saturated heterocycles. The van der Waals surface area contributed by atoms with E-state index in [9.17, 15) is 0 Å². The monoisotopic (exact) mass is 306 g/mol. The molecule has 0 radical (unpaired) electrons. The number of thiophene rings is 1. The van der Waals surface area contributed by atoms with E-state index < -0.39 is 0 Å². The first-order chi connectivity index (χ1) is 6.31. The molecule has 0 aromatic carbocycles. The lowest BCUT2D eigenvalue weighted by Gasteiger charge is -1.88. The topological polar surface area (TPSA) is 52.0 Å². The van der Waals surface area contributed by atoms with Crippen molar-refractivity contribution in [3.05, 3.63) is 27.0 Å². The molecule has 13 heavy (non-hydrogen) atoms. The zero-order chi connectivity index (χ0) is 9.26. The van der Waals surface area contributed by atoms with Crippen molar-refractivity contribution in [3.63, 3.8) is 0 Å². The van der Waals surface area contributed by atoms with Crippen molar-refractivity contribution >= 4 is 33.9 Å². The van der Waals surface area contributed by atoms with Crippen molar-refractivity contribution in [3.8, 4) is 10.8 Å². The van der Waals surface area contributed by atoms with Crippen LogP contribution in [0.15, 0.2) is 22.1 Å². The molecule has 2 N–H and O–H groups in total. The highest BCUT2D eigenvalue weighted by Crippen LogP contribution is 2.29. The number of hydrogen-bond acceptors (Lipinski definition) is 4. The van der Waals surface area contributed by atoms with Gasteiger partial charge in [0.05, 0.1) is 5.69 Å². The Labute approximate surface area is 93.1 Å². The number of hydrogen-bond donors (Lipinski definition) is 1. The van der Waals surface area contributed by atoms with Crippen LogP contribution in [0.1, 0.15) is 5.69 Å². The Bertz CT molecular complexity index is 410. The summed E-state index contributed by atoms with van der Waals surface area (Å²) < 4.78 is 6.46. The lowest BCUT2D eigenvalue weighted by Crippen LogP contribution is -1.95. The Morgan fingerprint density at radius 1 is 1.62 bits per heavy atom. The van der Waals surface area contributed by atoms with Crippen molar-refractivity contribution < 1.29 is 4.42 Å². The normalized spacial score (nSPS) is 10.6. The Hall–Kier alpha value is -0.400.